The molecule has 0 aliphatic heterocycles. The summed E-state index contributed by atoms with van der Waals surface area (Å²) in [5.41, 5.74) is 7.52. The van der Waals surface area contributed by atoms with E-state index in [0.29, 0.717) is 0 Å². The van der Waals surface area contributed by atoms with Gasteiger partial charge in [0, 0.05) is 28.4 Å². The predicted octanol–water partition coefficient (Wildman–Crippen LogP) is 2.13. The highest BCUT2D eigenvalue weighted by atomic mass is 16.5. The lowest BCUT2D eigenvalue weighted by Crippen LogP contribution is -1.92. The summed E-state index contributed by atoms with van der Waals surface area (Å²) < 4.78 is 5.25. The number of pyridine rings is 1. The van der Waals surface area contributed by atoms with E-state index in [9.17, 15) is 0 Å². The maximum Gasteiger partial charge on any atom is 0.126 e. The third kappa shape index (κ3) is 1.27. The van der Waals surface area contributed by atoms with Crippen LogP contribution in [0.1, 0.15) is 5.69 Å². The first-order chi connectivity index (χ1) is 6.72. The maximum absolute atomic E-state index is 5.83. The molecule has 0 saturated carbocycles. The lowest BCUT2D eigenvalue weighted by atomic mass is 10.1. The maximum atomic E-state index is 5.83. The molecule has 0 aliphatic carbocycles. The number of methoxy groups -OCH3 is 1. The molecule has 1 aromatic heterocycles. The Morgan fingerprint density at radius 2 is 2.07 bits per heavy atom. The molecular formula is C11H12N2O. The largest absolute Gasteiger partial charge is 0.496 e. The van der Waals surface area contributed by atoms with Gasteiger partial charge in [0.05, 0.1) is 7.11 Å². The van der Waals surface area contributed by atoms with Crippen molar-refractivity contribution in [2.75, 3.05) is 12.8 Å². The molecule has 2 rings (SSSR count). The Kier molecular flexibility index (Phi) is 2.00. The molecule has 1 heterocycles. The van der Waals surface area contributed by atoms with Crippen molar-refractivity contribution in [3.05, 3.63) is 30.1 Å². The Morgan fingerprint density at radius 3 is 2.79 bits per heavy atom. The Bertz CT molecular complexity index is 480. The fraction of sp³-hybridized carbons (Fsp3) is 0.182. The monoisotopic (exact) mass is 188 g/mol. The molecule has 14 heavy (non-hydrogen) atoms. The van der Waals surface area contributed by atoms with E-state index in [1.54, 1.807) is 13.3 Å². The quantitative estimate of drug-likeness (QED) is 0.697. The molecule has 1 aromatic carbocycles. The van der Waals surface area contributed by atoms with Crippen LogP contribution in [0.25, 0.3) is 10.8 Å². The molecule has 3 nitrogen and oxygen atoms in total. The van der Waals surface area contributed by atoms with Crippen LogP contribution in [0, 0.1) is 6.92 Å². The van der Waals surface area contributed by atoms with E-state index in [-0.39, 0.29) is 0 Å². The second kappa shape index (κ2) is 3.18. The molecule has 0 radical (unpaired) electrons. The molecule has 3 heteroatoms. The van der Waals surface area contributed by atoms with Gasteiger partial charge in [0.25, 0.3) is 0 Å². The molecule has 0 unspecified atom stereocenters. The van der Waals surface area contributed by atoms with Crippen molar-refractivity contribution < 1.29 is 4.74 Å². The number of aromatic nitrogens is 1. The number of hydrogen-bond donors (Lipinski definition) is 1. The van der Waals surface area contributed by atoms with E-state index in [0.717, 1.165) is 27.9 Å². The molecule has 0 bridgehead atoms. The zero-order chi connectivity index (χ0) is 10.1. The molecule has 2 N–H and O–H groups in total. The van der Waals surface area contributed by atoms with E-state index in [2.05, 4.69) is 4.98 Å². The fourth-order valence-corrected chi connectivity index (χ4v) is 1.52. The van der Waals surface area contributed by atoms with Gasteiger partial charge < -0.3 is 10.5 Å². The average molecular weight is 188 g/mol. The van der Waals surface area contributed by atoms with Gasteiger partial charge in [0.1, 0.15) is 5.75 Å². The second-order valence-corrected chi connectivity index (χ2v) is 3.23. The van der Waals surface area contributed by atoms with Gasteiger partial charge in [-0.3, -0.25) is 4.98 Å². The number of benzene rings is 1. The topological polar surface area (TPSA) is 48.1 Å². The SMILES string of the molecule is COc1ccc(N)c2cnc(C)cc12. The number of ether oxygens (including phenoxy) is 1. The molecule has 2 aromatic rings. The number of nitrogens with zero attached hydrogens (tertiary/aromatic N) is 1. The second-order valence-electron chi connectivity index (χ2n) is 3.23. The third-order valence-corrected chi connectivity index (χ3v) is 2.25. The zero-order valence-corrected chi connectivity index (χ0v) is 8.24. The van der Waals surface area contributed by atoms with Crippen LogP contribution in [0.4, 0.5) is 5.69 Å². The van der Waals surface area contributed by atoms with Gasteiger partial charge in [-0.2, -0.15) is 0 Å². The van der Waals surface area contributed by atoms with Gasteiger partial charge in [-0.1, -0.05) is 0 Å². The van der Waals surface area contributed by atoms with Gasteiger partial charge in [0.2, 0.25) is 0 Å². The Labute approximate surface area is 82.5 Å². The number of hydrogen-bond acceptors (Lipinski definition) is 3. The fourth-order valence-electron chi connectivity index (χ4n) is 1.52. The highest BCUT2D eigenvalue weighted by Gasteiger charge is 2.04. The minimum Gasteiger partial charge on any atom is -0.496 e. The van der Waals surface area contributed by atoms with Gasteiger partial charge in [0.15, 0.2) is 0 Å². The van der Waals surface area contributed by atoms with Crippen LogP contribution in [-0.2, 0) is 0 Å². The van der Waals surface area contributed by atoms with E-state index in [1.807, 2.05) is 25.1 Å². The summed E-state index contributed by atoms with van der Waals surface area (Å²) in [6, 6.07) is 5.68. The van der Waals surface area contributed by atoms with Gasteiger partial charge in [-0.05, 0) is 25.1 Å². The number of aryl methyl sites for hydroxylation is 1. The number of nitrogen functional groups attached to an aromatic ring is 1. The third-order valence-electron chi connectivity index (χ3n) is 2.25. The summed E-state index contributed by atoms with van der Waals surface area (Å²) >= 11 is 0. The summed E-state index contributed by atoms with van der Waals surface area (Å²) in [5, 5.41) is 1.95. The normalized spacial score (nSPS) is 10.4. The van der Waals surface area contributed by atoms with Crippen molar-refractivity contribution in [2.24, 2.45) is 0 Å². The van der Waals surface area contributed by atoms with Crippen molar-refractivity contribution in [1.82, 2.24) is 4.98 Å². The van der Waals surface area contributed by atoms with E-state index >= 15 is 0 Å². The lowest BCUT2D eigenvalue weighted by molar-refractivity contribution is 0.420. The first-order valence-electron chi connectivity index (χ1n) is 4.41. The van der Waals surface area contributed by atoms with Crippen LogP contribution in [-0.4, -0.2) is 12.1 Å². The van der Waals surface area contributed by atoms with Crippen molar-refractivity contribution in [3.63, 3.8) is 0 Å². The number of fused-ring (bicyclic) bond motifs is 1. The van der Waals surface area contributed by atoms with Crippen molar-refractivity contribution >= 4 is 16.5 Å². The first-order valence-corrected chi connectivity index (χ1v) is 4.41. The van der Waals surface area contributed by atoms with Crippen LogP contribution in [0.15, 0.2) is 24.4 Å². The summed E-state index contributed by atoms with van der Waals surface area (Å²) in [6.07, 6.45) is 1.78. The standard InChI is InChI=1S/C11H12N2O/c1-7-5-8-9(6-13-7)10(12)3-4-11(8)14-2/h3-6H,12H2,1-2H3. The minimum atomic E-state index is 0.730. The van der Waals surface area contributed by atoms with Crippen molar-refractivity contribution in [3.8, 4) is 5.75 Å². The van der Waals surface area contributed by atoms with Crippen LogP contribution in [0.2, 0.25) is 0 Å². The Morgan fingerprint density at radius 1 is 1.29 bits per heavy atom. The van der Waals surface area contributed by atoms with Gasteiger partial charge in [-0.15, -0.1) is 0 Å². The molecule has 0 aliphatic rings. The smallest absolute Gasteiger partial charge is 0.126 e. The van der Waals surface area contributed by atoms with Gasteiger partial charge >= 0.3 is 0 Å². The van der Waals surface area contributed by atoms with Crippen LogP contribution < -0.4 is 10.5 Å². The van der Waals surface area contributed by atoms with Gasteiger partial charge in [-0.25, -0.2) is 0 Å². The number of nitrogens with two attached hydrogens (primary N) is 1. The molecular weight excluding hydrogens is 176 g/mol. The molecule has 0 atom stereocenters. The average Bonchev–Trinajstić information content (AvgIpc) is 2.18. The van der Waals surface area contributed by atoms with Crippen molar-refractivity contribution in [2.45, 2.75) is 6.92 Å². The van der Waals surface area contributed by atoms with E-state index in [4.69, 9.17) is 10.5 Å². The van der Waals surface area contributed by atoms with Crippen LogP contribution in [0.3, 0.4) is 0 Å². The minimum absolute atomic E-state index is 0.730. The summed E-state index contributed by atoms with van der Waals surface area (Å²) in [5.74, 6) is 0.833. The molecule has 72 valence electrons. The van der Waals surface area contributed by atoms with Crippen LogP contribution in [0.5, 0.6) is 5.75 Å². The summed E-state index contributed by atoms with van der Waals surface area (Å²) in [4.78, 5) is 4.21. The number of anilines is 1. The number of rotatable bonds is 1. The molecule has 0 saturated heterocycles. The molecule has 0 fully saturated rings. The Balaban J connectivity index is 2.85. The zero-order valence-electron chi connectivity index (χ0n) is 8.24. The highest BCUT2D eigenvalue weighted by Crippen LogP contribution is 2.29. The lowest BCUT2D eigenvalue weighted by Gasteiger charge is -2.07. The van der Waals surface area contributed by atoms with Crippen LogP contribution >= 0.6 is 0 Å². The highest BCUT2D eigenvalue weighted by molar-refractivity contribution is 5.96. The summed E-state index contributed by atoms with van der Waals surface area (Å²) in [6.45, 7) is 1.95. The van der Waals surface area contributed by atoms with E-state index in [1.165, 1.54) is 0 Å². The van der Waals surface area contributed by atoms with Crippen molar-refractivity contribution in [1.29, 1.82) is 0 Å². The summed E-state index contributed by atoms with van der Waals surface area (Å²) in [7, 11) is 1.65. The first kappa shape index (κ1) is 8.81. The van der Waals surface area contributed by atoms with E-state index < -0.39 is 0 Å². The molecule has 0 spiro atoms. The molecule has 0 amide bonds. The predicted molar refractivity (Wildman–Crippen MR) is 57.4 cm³/mol. The Hall–Kier alpha value is -1.77.